The zero-order valence-corrected chi connectivity index (χ0v) is 20.8. The van der Waals surface area contributed by atoms with E-state index in [9.17, 15) is 4.79 Å². The third-order valence-corrected chi connectivity index (χ3v) is 7.96. The van der Waals surface area contributed by atoms with Gasteiger partial charge in [-0.1, -0.05) is 41.3 Å². The van der Waals surface area contributed by atoms with Crippen LogP contribution in [0.5, 0.6) is 5.75 Å². The highest BCUT2D eigenvalue weighted by atomic mass is 32.2. The van der Waals surface area contributed by atoms with E-state index in [1.165, 1.54) is 0 Å². The Morgan fingerprint density at radius 1 is 1.09 bits per heavy atom. The van der Waals surface area contributed by atoms with Crippen LogP contribution >= 0.6 is 23.1 Å². The number of thioether (sulfide) groups is 1. The molecule has 2 aromatic heterocycles. The summed E-state index contributed by atoms with van der Waals surface area (Å²) in [6.45, 7) is 4.95. The number of para-hydroxylation sites is 1. The first-order chi connectivity index (χ1) is 16.6. The van der Waals surface area contributed by atoms with Crippen LogP contribution in [0.15, 0.2) is 57.3 Å². The van der Waals surface area contributed by atoms with E-state index in [1.807, 2.05) is 48.2 Å². The number of anilines is 1. The zero-order valence-electron chi connectivity index (χ0n) is 19.2. The minimum atomic E-state index is -0.0446. The highest BCUT2D eigenvalue weighted by molar-refractivity contribution is 8.00. The predicted molar refractivity (Wildman–Crippen MR) is 136 cm³/mol. The van der Waals surface area contributed by atoms with Gasteiger partial charge < -0.3 is 19.0 Å². The first-order valence-corrected chi connectivity index (χ1v) is 13.0. The molecule has 176 valence electrons. The average Bonchev–Trinajstić information content (AvgIpc) is 3.36. The number of amides is 1. The van der Waals surface area contributed by atoms with Crippen LogP contribution in [0.25, 0.3) is 11.0 Å². The summed E-state index contributed by atoms with van der Waals surface area (Å²) in [5.41, 5.74) is 2.81. The van der Waals surface area contributed by atoms with Gasteiger partial charge in [-0.05, 0) is 43.7 Å². The first kappa shape index (κ1) is 22.7. The Morgan fingerprint density at radius 2 is 1.91 bits per heavy atom. The van der Waals surface area contributed by atoms with Gasteiger partial charge in [-0.2, -0.15) is 0 Å². The van der Waals surface area contributed by atoms with Gasteiger partial charge in [-0.15, -0.1) is 10.2 Å². The second-order valence-electron chi connectivity index (χ2n) is 8.11. The Labute approximate surface area is 206 Å². The summed E-state index contributed by atoms with van der Waals surface area (Å²) in [6.07, 6.45) is 0.895. The summed E-state index contributed by atoms with van der Waals surface area (Å²) in [5, 5.41) is 10.2. The van der Waals surface area contributed by atoms with Gasteiger partial charge in [-0.25, -0.2) is 0 Å². The molecular weight excluding hydrogens is 468 g/mol. The lowest BCUT2D eigenvalue weighted by Crippen LogP contribution is -2.35. The molecule has 1 fully saturated rings. The van der Waals surface area contributed by atoms with Crippen LogP contribution in [-0.4, -0.2) is 54.3 Å². The lowest BCUT2D eigenvalue weighted by Gasteiger charge is -2.23. The number of aryl methyl sites for hydroxylation is 1. The molecule has 5 rings (SSSR count). The van der Waals surface area contributed by atoms with Crippen molar-refractivity contribution in [1.29, 1.82) is 0 Å². The molecule has 7 nitrogen and oxygen atoms in total. The van der Waals surface area contributed by atoms with E-state index in [0.717, 1.165) is 56.8 Å². The van der Waals surface area contributed by atoms with Gasteiger partial charge in [0.05, 0.1) is 7.11 Å². The van der Waals surface area contributed by atoms with Crippen molar-refractivity contribution in [2.75, 3.05) is 38.2 Å². The van der Waals surface area contributed by atoms with Crippen LogP contribution in [0, 0.1) is 6.92 Å². The molecule has 34 heavy (non-hydrogen) atoms. The first-order valence-electron chi connectivity index (χ1n) is 11.2. The lowest BCUT2D eigenvalue weighted by atomic mass is 10.1. The van der Waals surface area contributed by atoms with Crippen molar-refractivity contribution < 1.29 is 13.9 Å². The standard InChI is InChI=1S/C25H26N4O3S2/c1-17-26-27-25(34-17)33-16-21-20-6-3-4-7-22(20)32-23(21)24(30)29-13-5-12-28(14-15-29)18-8-10-19(31-2)11-9-18/h3-4,6-11H,5,12-16H2,1-2H3. The fourth-order valence-corrected chi connectivity index (χ4v) is 6.04. The summed E-state index contributed by atoms with van der Waals surface area (Å²) in [6, 6.07) is 15.9. The Kier molecular flexibility index (Phi) is 6.73. The van der Waals surface area contributed by atoms with Crippen LogP contribution in [0.1, 0.15) is 27.5 Å². The summed E-state index contributed by atoms with van der Waals surface area (Å²) < 4.78 is 12.3. The second-order valence-corrected chi connectivity index (χ2v) is 10.5. The molecule has 4 aromatic rings. The molecule has 2 aromatic carbocycles. The van der Waals surface area contributed by atoms with Crippen molar-refractivity contribution in [1.82, 2.24) is 15.1 Å². The molecule has 1 aliphatic heterocycles. The molecule has 1 saturated heterocycles. The molecule has 0 saturated carbocycles. The molecule has 9 heteroatoms. The van der Waals surface area contributed by atoms with E-state index < -0.39 is 0 Å². The topological polar surface area (TPSA) is 71.7 Å². The Balaban J connectivity index is 1.35. The highest BCUT2D eigenvalue weighted by Gasteiger charge is 2.27. The number of fused-ring (bicyclic) bond motifs is 1. The normalized spacial score (nSPS) is 14.4. The van der Waals surface area contributed by atoms with Crippen LogP contribution < -0.4 is 9.64 Å². The molecule has 0 aliphatic carbocycles. The molecule has 3 heterocycles. The number of carbonyl (C=O) groups is 1. The van der Waals surface area contributed by atoms with E-state index in [0.29, 0.717) is 24.6 Å². The van der Waals surface area contributed by atoms with Crippen molar-refractivity contribution in [3.63, 3.8) is 0 Å². The summed E-state index contributed by atoms with van der Waals surface area (Å²) >= 11 is 3.15. The molecule has 0 unspecified atom stereocenters. The number of benzene rings is 2. The van der Waals surface area contributed by atoms with E-state index in [-0.39, 0.29) is 5.91 Å². The van der Waals surface area contributed by atoms with Crippen LogP contribution in [-0.2, 0) is 5.75 Å². The van der Waals surface area contributed by atoms with Gasteiger partial charge in [0.2, 0.25) is 0 Å². The molecular formula is C25H26N4O3S2. The largest absolute Gasteiger partial charge is 0.497 e. The quantitative estimate of drug-likeness (QED) is 0.339. The number of hydrogen-bond acceptors (Lipinski definition) is 8. The fourth-order valence-electron chi connectivity index (χ4n) is 4.20. The monoisotopic (exact) mass is 494 g/mol. The number of aromatic nitrogens is 2. The van der Waals surface area contributed by atoms with Gasteiger partial charge >= 0.3 is 0 Å². The molecule has 0 N–H and O–H groups in total. The van der Waals surface area contributed by atoms with Gasteiger partial charge in [0.25, 0.3) is 5.91 Å². The Morgan fingerprint density at radius 3 is 2.68 bits per heavy atom. The van der Waals surface area contributed by atoms with Crippen LogP contribution in [0.3, 0.4) is 0 Å². The van der Waals surface area contributed by atoms with E-state index in [2.05, 4.69) is 27.2 Å². The van der Waals surface area contributed by atoms with Gasteiger partial charge in [-0.3, -0.25) is 4.79 Å². The fraction of sp³-hybridized carbons (Fsp3) is 0.320. The molecule has 0 bridgehead atoms. The lowest BCUT2D eigenvalue weighted by molar-refractivity contribution is 0.0736. The summed E-state index contributed by atoms with van der Waals surface area (Å²) in [4.78, 5) is 17.9. The van der Waals surface area contributed by atoms with Gasteiger partial charge in [0, 0.05) is 48.6 Å². The van der Waals surface area contributed by atoms with Crippen molar-refractivity contribution in [3.05, 3.63) is 64.9 Å². The van der Waals surface area contributed by atoms with Crippen molar-refractivity contribution in [2.24, 2.45) is 0 Å². The van der Waals surface area contributed by atoms with Crippen molar-refractivity contribution in [2.45, 2.75) is 23.4 Å². The molecule has 1 aliphatic rings. The predicted octanol–water partition coefficient (Wildman–Crippen LogP) is 5.25. The number of hydrogen-bond donors (Lipinski definition) is 0. The number of methoxy groups -OCH3 is 1. The second kappa shape index (κ2) is 10.1. The maximum absolute atomic E-state index is 13.6. The van der Waals surface area contributed by atoms with Crippen molar-refractivity contribution in [3.8, 4) is 5.75 Å². The smallest absolute Gasteiger partial charge is 0.289 e. The summed E-state index contributed by atoms with van der Waals surface area (Å²) in [5.74, 6) is 1.84. The maximum Gasteiger partial charge on any atom is 0.289 e. The molecule has 0 spiro atoms. The van der Waals surface area contributed by atoms with Crippen LogP contribution in [0.2, 0.25) is 0 Å². The Hall–Kier alpha value is -3.04. The molecule has 1 amide bonds. The minimum Gasteiger partial charge on any atom is -0.497 e. The Bertz CT molecular complexity index is 1290. The number of rotatable bonds is 6. The van der Waals surface area contributed by atoms with Gasteiger partial charge in [0.15, 0.2) is 10.1 Å². The van der Waals surface area contributed by atoms with Crippen molar-refractivity contribution >= 4 is 45.7 Å². The molecule has 0 atom stereocenters. The highest BCUT2D eigenvalue weighted by Crippen LogP contribution is 2.34. The molecule has 0 radical (unpaired) electrons. The maximum atomic E-state index is 13.6. The third-order valence-electron chi connectivity index (χ3n) is 5.96. The van der Waals surface area contributed by atoms with E-state index >= 15 is 0 Å². The van der Waals surface area contributed by atoms with E-state index in [4.69, 9.17) is 9.15 Å². The minimum absolute atomic E-state index is 0.0446. The number of furan rings is 1. The number of carbonyl (C=O) groups excluding carboxylic acids is 1. The SMILES string of the molecule is COc1ccc(N2CCCN(C(=O)c3oc4ccccc4c3CSc3nnc(C)s3)CC2)cc1. The number of ether oxygens (including phenoxy) is 1. The third kappa shape index (κ3) is 4.76. The zero-order chi connectivity index (χ0) is 23.5. The van der Waals surface area contributed by atoms with E-state index in [1.54, 1.807) is 30.2 Å². The number of nitrogens with zero attached hydrogens (tertiary/aromatic N) is 4. The van der Waals surface area contributed by atoms with Gasteiger partial charge in [0.1, 0.15) is 16.3 Å². The summed E-state index contributed by atoms with van der Waals surface area (Å²) in [7, 11) is 1.67. The van der Waals surface area contributed by atoms with Crippen LogP contribution in [0.4, 0.5) is 5.69 Å². The average molecular weight is 495 g/mol.